The van der Waals surface area contributed by atoms with E-state index in [1.807, 2.05) is 0 Å². The van der Waals surface area contributed by atoms with Gasteiger partial charge in [-0.2, -0.15) is 8.78 Å². The maximum Gasteiger partial charge on any atom is 0.387 e. The van der Waals surface area contributed by atoms with Gasteiger partial charge in [0.25, 0.3) is 5.91 Å². The number of nitrogens with one attached hydrogen (secondary N) is 1. The van der Waals surface area contributed by atoms with E-state index in [1.54, 1.807) is 37.6 Å². The minimum Gasteiger partial charge on any atom is -0.496 e. The number of imidazole rings is 1. The number of carbonyl (C=O) groups is 2. The van der Waals surface area contributed by atoms with Crippen LogP contribution in [0.4, 0.5) is 8.78 Å². The lowest BCUT2D eigenvalue weighted by Gasteiger charge is -2.18. The Morgan fingerprint density at radius 2 is 1.95 bits per heavy atom. The highest BCUT2D eigenvalue weighted by Crippen LogP contribution is 2.38. The molecule has 0 saturated heterocycles. The number of nitrogens with zero attached hydrogens (tertiary/aromatic N) is 3. The molecular weight excluding hydrogens is 540 g/mol. The van der Waals surface area contributed by atoms with Gasteiger partial charge in [-0.15, -0.1) is 0 Å². The SMILES string of the molecule is CCOC(=O)C(C)Oc1cn2c(-c3cc(OC)c(C(=O)NC4CC4)c(OC(F)F)c3)cnc2cc1C(C=NC)=CN. The quantitative estimate of drug-likeness (QED) is 0.247. The summed E-state index contributed by atoms with van der Waals surface area (Å²) in [6.07, 6.45) is 6.63. The predicted octanol–water partition coefficient (Wildman–Crippen LogP) is 3.83. The first kappa shape index (κ1) is 29.3. The standard InChI is InChI=1S/C28H31F2N5O6/c1-5-39-27(37)15(2)40-23-14-35-20(13-33-24(35)10-19(23)17(11-31)12-32-3)16-8-21(38-4)25(22(9-16)41-28(29)30)26(36)34-18-6-7-18/h8-15,18,28H,5-7,31H2,1-4H3,(H,34,36). The molecule has 1 aromatic carbocycles. The number of hydrogen-bond acceptors (Lipinski definition) is 9. The number of halogens is 2. The molecule has 0 bridgehead atoms. The third kappa shape index (κ3) is 6.56. The Labute approximate surface area is 234 Å². The van der Waals surface area contributed by atoms with Gasteiger partial charge in [-0.05, 0) is 44.9 Å². The number of aliphatic imine (C=N–C) groups is 1. The van der Waals surface area contributed by atoms with Crippen LogP contribution in [-0.2, 0) is 9.53 Å². The highest BCUT2D eigenvalue weighted by Gasteiger charge is 2.29. The third-order valence-electron chi connectivity index (χ3n) is 6.23. The van der Waals surface area contributed by atoms with Crippen LogP contribution >= 0.6 is 0 Å². The molecule has 218 valence electrons. The fourth-order valence-corrected chi connectivity index (χ4v) is 4.17. The Balaban J connectivity index is 1.87. The van der Waals surface area contributed by atoms with Crippen LogP contribution in [0, 0.1) is 0 Å². The zero-order valence-electron chi connectivity index (χ0n) is 23.0. The number of fused-ring (bicyclic) bond motifs is 1. The van der Waals surface area contributed by atoms with Crippen molar-refractivity contribution in [1.82, 2.24) is 14.7 Å². The third-order valence-corrected chi connectivity index (χ3v) is 6.23. The number of methoxy groups -OCH3 is 1. The summed E-state index contributed by atoms with van der Waals surface area (Å²) < 4.78 is 49.7. The van der Waals surface area contributed by atoms with Crippen LogP contribution in [0.3, 0.4) is 0 Å². The summed E-state index contributed by atoms with van der Waals surface area (Å²) in [6.45, 7) is 0.233. The van der Waals surface area contributed by atoms with Crippen molar-refractivity contribution >= 4 is 29.3 Å². The summed E-state index contributed by atoms with van der Waals surface area (Å²) in [6, 6.07) is 4.53. The molecule has 1 amide bonds. The second-order valence-electron chi connectivity index (χ2n) is 9.12. The number of rotatable bonds is 12. The van der Waals surface area contributed by atoms with Crippen LogP contribution in [0.5, 0.6) is 17.2 Å². The Hall–Kier alpha value is -4.68. The van der Waals surface area contributed by atoms with Gasteiger partial charge in [0.2, 0.25) is 0 Å². The summed E-state index contributed by atoms with van der Waals surface area (Å²) >= 11 is 0. The molecule has 1 aliphatic rings. The molecule has 2 aromatic heterocycles. The van der Waals surface area contributed by atoms with Crippen molar-refractivity contribution in [3.63, 3.8) is 0 Å². The first-order valence-electron chi connectivity index (χ1n) is 12.9. The molecule has 13 heteroatoms. The van der Waals surface area contributed by atoms with E-state index in [0.29, 0.717) is 28.0 Å². The van der Waals surface area contributed by atoms with Crippen molar-refractivity contribution in [1.29, 1.82) is 0 Å². The highest BCUT2D eigenvalue weighted by atomic mass is 19.3. The first-order valence-corrected chi connectivity index (χ1v) is 12.9. The van der Waals surface area contributed by atoms with Gasteiger partial charge in [-0.25, -0.2) is 9.78 Å². The maximum absolute atomic E-state index is 13.4. The average molecular weight is 572 g/mol. The van der Waals surface area contributed by atoms with Crippen molar-refractivity contribution in [2.24, 2.45) is 10.7 Å². The Bertz CT molecular complexity index is 1500. The minimum absolute atomic E-state index is 0.0140. The fraction of sp³-hybridized carbons (Fsp3) is 0.357. The maximum atomic E-state index is 13.4. The number of alkyl halides is 2. The van der Waals surface area contributed by atoms with Gasteiger partial charge in [-0.3, -0.25) is 14.2 Å². The molecule has 1 unspecified atom stereocenters. The smallest absolute Gasteiger partial charge is 0.387 e. The van der Waals surface area contributed by atoms with Gasteiger partial charge in [0.1, 0.15) is 28.5 Å². The number of benzene rings is 1. The number of carbonyl (C=O) groups excluding carboxylic acids is 2. The molecule has 3 aromatic rings. The molecule has 11 nitrogen and oxygen atoms in total. The van der Waals surface area contributed by atoms with Gasteiger partial charge >= 0.3 is 12.6 Å². The summed E-state index contributed by atoms with van der Waals surface area (Å²) in [5, 5.41) is 2.78. The lowest BCUT2D eigenvalue weighted by Crippen LogP contribution is -2.27. The number of nitrogens with two attached hydrogens (primary N) is 1. The van der Waals surface area contributed by atoms with Crippen molar-refractivity contribution in [3.8, 4) is 28.5 Å². The molecule has 0 radical (unpaired) electrons. The van der Waals surface area contributed by atoms with Crippen LogP contribution < -0.4 is 25.3 Å². The van der Waals surface area contributed by atoms with E-state index in [2.05, 4.69) is 15.3 Å². The normalized spacial score (nSPS) is 14.4. The average Bonchev–Trinajstić information content (AvgIpc) is 3.66. The van der Waals surface area contributed by atoms with E-state index < -0.39 is 24.6 Å². The second kappa shape index (κ2) is 12.7. The number of pyridine rings is 1. The second-order valence-corrected chi connectivity index (χ2v) is 9.12. The van der Waals surface area contributed by atoms with Gasteiger partial charge in [-0.1, -0.05) is 0 Å². The summed E-state index contributed by atoms with van der Waals surface area (Å²) in [7, 11) is 2.91. The molecule has 2 heterocycles. The van der Waals surface area contributed by atoms with Crippen LogP contribution in [0.15, 0.2) is 41.8 Å². The molecule has 1 aliphatic carbocycles. The summed E-state index contributed by atoms with van der Waals surface area (Å²) in [5.74, 6) is -1.19. The van der Waals surface area contributed by atoms with Crippen LogP contribution in [-0.4, -0.2) is 67.0 Å². The molecule has 3 N–H and O–H groups in total. The Morgan fingerprint density at radius 1 is 1.22 bits per heavy atom. The zero-order chi connectivity index (χ0) is 29.7. The Kier molecular flexibility index (Phi) is 9.05. The van der Waals surface area contributed by atoms with Gasteiger partial charge in [0, 0.05) is 42.2 Å². The van der Waals surface area contributed by atoms with Crippen LogP contribution in [0.25, 0.3) is 22.5 Å². The fourth-order valence-electron chi connectivity index (χ4n) is 4.17. The van der Waals surface area contributed by atoms with E-state index in [1.165, 1.54) is 37.9 Å². The van der Waals surface area contributed by atoms with E-state index in [0.717, 1.165) is 12.8 Å². The number of hydrogen-bond donors (Lipinski definition) is 2. The molecule has 0 spiro atoms. The lowest BCUT2D eigenvalue weighted by atomic mass is 10.1. The molecule has 1 saturated carbocycles. The molecule has 0 aliphatic heterocycles. The molecular formula is C28H31F2N5O6. The van der Waals surface area contributed by atoms with Crippen LogP contribution in [0.2, 0.25) is 0 Å². The minimum atomic E-state index is -3.18. The van der Waals surface area contributed by atoms with Crippen molar-refractivity contribution < 1.29 is 37.3 Å². The number of ether oxygens (including phenoxy) is 4. The number of esters is 1. The highest BCUT2D eigenvalue weighted by molar-refractivity contribution is 6.11. The van der Waals surface area contributed by atoms with Crippen molar-refractivity contribution in [3.05, 3.63) is 47.9 Å². The lowest BCUT2D eigenvalue weighted by molar-refractivity contribution is -0.150. The van der Waals surface area contributed by atoms with Gasteiger partial charge in [0.05, 0.1) is 31.8 Å². The number of aromatic nitrogens is 2. The van der Waals surface area contributed by atoms with E-state index in [9.17, 15) is 18.4 Å². The molecule has 41 heavy (non-hydrogen) atoms. The monoisotopic (exact) mass is 571 g/mol. The summed E-state index contributed by atoms with van der Waals surface area (Å²) in [4.78, 5) is 33.7. The van der Waals surface area contributed by atoms with E-state index in [4.69, 9.17) is 24.7 Å². The number of allylic oxidation sites excluding steroid dienone is 1. The Morgan fingerprint density at radius 3 is 2.56 bits per heavy atom. The topological polar surface area (TPSA) is 139 Å². The molecule has 1 atom stereocenters. The largest absolute Gasteiger partial charge is 0.496 e. The molecule has 4 rings (SSSR count). The van der Waals surface area contributed by atoms with E-state index >= 15 is 0 Å². The predicted molar refractivity (Wildman–Crippen MR) is 148 cm³/mol. The van der Waals surface area contributed by atoms with Gasteiger partial charge in [0.15, 0.2) is 6.10 Å². The summed E-state index contributed by atoms with van der Waals surface area (Å²) in [5.41, 5.74) is 7.98. The van der Waals surface area contributed by atoms with Crippen LogP contribution in [0.1, 0.15) is 42.6 Å². The van der Waals surface area contributed by atoms with E-state index in [-0.39, 0.29) is 35.5 Å². The van der Waals surface area contributed by atoms with Crippen molar-refractivity contribution in [2.45, 2.75) is 45.4 Å². The number of amides is 1. The molecule has 1 fully saturated rings. The van der Waals surface area contributed by atoms with Crippen molar-refractivity contribution in [2.75, 3.05) is 20.8 Å². The van der Waals surface area contributed by atoms with Gasteiger partial charge < -0.3 is 30.0 Å². The zero-order valence-corrected chi connectivity index (χ0v) is 23.0. The first-order chi connectivity index (χ1) is 19.7.